The Morgan fingerprint density at radius 1 is 1.25 bits per heavy atom. The van der Waals surface area contributed by atoms with Crippen LogP contribution in [-0.2, 0) is 26.0 Å². The van der Waals surface area contributed by atoms with Crippen molar-refractivity contribution in [1.29, 1.82) is 0 Å². The fraction of sp³-hybridized carbons (Fsp3) is 0.636. The Kier molecular flexibility index (Phi) is 5.31. The van der Waals surface area contributed by atoms with Crippen molar-refractivity contribution in [3.63, 3.8) is 0 Å². The normalized spacial score (nSPS) is 30.9. The second kappa shape index (κ2) is 7.79. The van der Waals surface area contributed by atoms with Gasteiger partial charge < -0.3 is 15.5 Å². The van der Waals surface area contributed by atoms with Crippen molar-refractivity contribution in [2.45, 2.75) is 74.1 Å². The van der Waals surface area contributed by atoms with Gasteiger partial charge in [-0.15, -0.1) is 0 Å². The third kappa shape index (κ3) is 3.53. The van der Waals surface area contributed by atoms with Crippen molar-refractivity contribution in [2.75, 3.05) is 19.6 Å². The second-order valence-electron chi connectivity index (χ2n) is 9.69. The lowest BCUT2D eigenvalue weighted by atomic mass is 10.1. The molecule has 1 unspecified atom stereocenters. The van der Waals surface area contributed by atoms with Gasteiger partial charge in [-0.25, -0.2) is 13.6 Å². The summed E-state index contributed by atoms with van der Waals surface area (Å²) in [7, 11) is -3.75. The van der Waals surface area contributed by atoms with Crippen molar-refractivity contribution >= 4 is 21.8 Å². The molecule has 174 valence electrons. The molecule has 1 aromatic carbocycles. The molecule has 3 heterocycles. The SMILES string of the molecule is C[C@@H]1CCCN1C(=O)[C@@H](N)CN1C[C@@H]2C[C@H]1C(=O)N2C1CCc2cc(S(N)(=O)=O)ccc21. The third-order valence-electron chi connectivity index (χ3n) is 7.72. The number of sulfonamides is 1. The number of hydrogen-bond acceptors (Lipinski definition) is 6. The molecule has 32 heavy (non-hydrogen) atoms. The molecule has 4 aliphatic rings. The van der Waals surface area contributed by atoms with Crippen LogP contribution in [0.3, 0.4) is 0 Å². The van der Waals surface area contributed by atoms with Crippen LogP contribution in [0.5, 0.6) is 0 Å². The molecule has 4 N–H and O–H groups in total. The minimum absolute atomic E-state index is 0.0162. The van der Waals surface area contributed by atoms with Gasteiger partial charge >= 0.3 is 0 Å². The molecule has 0 saturated carbocycles. The number of nitrogens with two attached hydrogens (primary N) is 2. The molecule has 5 rings (SSSR count). The van der Waals surface area contributed by atoms with Crippen LogP contribution in [0.1, 0.15) is 49.8 Å². The first-order chi connectivity index (χ1) is 15.1. The van der Waals surface area contributed by atoms with Gasteiger partial charge in [0.15, 0.2) is 0 Å². The Labute approximate surface area is 188 Å². The quantitative estimate of drug-likeness (QED) is 0.632. The molecule has 3 fully saturated rings. The van der Waals surface area contributed by atoms with E-state index in [2.05, 4.69) is 11.8 Å². The summed E-state index contributed by atoms with van der Waals surface area (Å²) in [6, 6.07) is 4.41. The minimum atomic E-state index is -3.75. The predicted molar refractivity (Wildman–Crippen MR) is 118 cm³/mol. The van der Waals surface area contributed by atoms with Gasteiger partial charge in [0, 0.05) is 31.7 Å². The van der Waals surface area contributed by atoms with E-state index in [1.165, 1.54) is 6.07 Å². The average Bonchev–Trinajstić information content (AvgIpc) is 3.49. The van der Waals surface area contributed by atoms with Crippen LogP contribution >= 0.6 is 0 Å². The fourth-order valence-electron chi connectivity index (χ4n) is 6.14. The van der Waals surface area contributed by atoms with Gasteiger partial charge in [0.25, 0.3) is 0 Å². The number of likely N-dealkylation sites (tertiary alicyclic amines) is 3. The van der Waals surface area contributed by atoms with Gasteiger partial charge in [0.05, 0.1) is 23.0 Å². The van der Waals surface area contributed by atoms with Gasteiger partial charge in [-0.2, -0.15) is 0 Å². The zero-order valence-electron chi connectivity index (χ0n) is 18.3. The van der Waals surface area contributed by atoms with Gasteiger partial charge in [-0.1, -0.05) is 6.07 Å². The monoisotopic (exact) mass is 461 g/mol. The highest BCUT2D eigenvalue weighted by Gasteiger charge is 2.53. The van der Waals surface area contributed by atoms with Gasteiger partial charge in [-0.05, 0) is 62.3 Å². The minimum Gasteiger partial charge on any atom is -0.339 e. The van der Waals surface area contributed by atoms with E-state index in [1.54, 1.807) is 12.1 Å². The van der Waals surface area contributed by atoms with Gasteiger partial charge in [0.2, 0.25) is 21.8 Å². The molecule has 1 aromatic rings. The van der Waals surface area contributed by atoms with E-state index in [1.807, 2.05) is 9.80 Å². The van der Waals surface area contributed by atoms with Crippen LogP contribution in [0.25, 0.3) is 0 Å². The second-order valence-corrected chi connectivity index (χ2v) is 11.3. The Morgan fingerprint density at radius 3 is 2.69 bits per heavy atom. The lowest BCUT2D eigenvalue weighted by Crippen LogP contribution is -2.56. The molecule has 1 aliphatic carbocycles. The van der Waals surface area contributed by atoms with E-state index in [4.69, 9.17) is 10.9 Å². The van der Waals surface area contributed by atoms with E-state index in [0.29, 0.717) is 13.1 Å². The Bertz CT molecular complexity index is 1060. The molecule has 2 amide bonds. The first-order valence-corrected chi connectivity index (χ1v) is 13.0. The summed E-state index contributed by atoms with van der Waals surface area (Å²) in [5, 5.41) is 5.27. The molecular formula is C22H31N5O4S. The standard InChI is InChI=1S/C22H31N5O4S/c1-13-3-2-8-26(13)21(28)18(23)12-25-11-15-10-20(25)22(29)27(15)19-7-4-14-9-16(32(24,30)31)5-6-17(14)19/h5-6,9,13,15,18-20H,2-4,7-8,10-12,23H2,1H3,(H2,24,30,31)/t13-,15+,18+,19?,20+/m1/s1. The first-order valence-electron chi connectivity index (χ1n) is 11.4. The number of primary sulfonamides is 1. The summed E-state index contributed by atoms with van der Waals surface area (Å²) in [6.45, 7) is 3.94. The van der Waals surface area contributed by atoms with E-state index >= 15 is 0 Å². The number of nitrogens with zero attached hydrogens (tertiary/aromatic N) is 3. The highest BCUT2D eigenvalue weighted by atomic mass is 32.2. The van der Waals surface area contributed by atoms with Crippen LogP contribution in [0.4, 0.5) is 0 Å². The molecule has 0 spiro atoms. The molecular weight excluding hydrogens is 430 g/mol. The lowest BCUT2D eigenvalue weighted by molar-refractivity contribution is -0.141. The fourth-order valence-corrected chi connectivity index (χ4v) is 6.71. The molecule has 9 nitrogen and oxygen atoms in total. The first kappa shape index (κ1) is 21.8. The summed E-state index contributed by atoms with van der Waals surface area (Å²) in [5.41, 5.74) is 8.23. The van der Waals surface area contributed by atoms with Crippen LogP contribution in [-0.4, -0.2) is 78.7 Å². The topological polar surface area (TPSA) is 130 Å². The number of fused-ring (bicyclic) bond motifs is 3. The van der Waals surface area contributed by atoms with Crippen molar-refractivity contribution in [2.24, 2.45) is 10.9 Å². The molecule has 0 aromatic heterocycles. The van der Waals surface area contributed by atoms with Crippen LogP contribution in [0.2, 0.25) is 0 Å². The third-order valence-corrected chi connectivity index (χ3v) is 8.63. The summed E-state index contributed by atoms with van der Waals surface area (Å²) >= 11 is 0. The zero-order chi connectivity index (χ0) is 22.8. The molecule has 5 atom stereocenters. The number of amides is 2. The molecule has 10 heteroatoms. The maximum atomic E-state index is 13.3. The highest BCUT2D eigenvalue weighted by molar-refractivity contribution is 7.89. The predicted octanol–water partition coefficient (Wildman–Crippen LogP) is -0.0554. The Balaban J connectivity index is 1.27. The number of aryl methyl sites for hydroxylation is 1. The molecule has 0 radical (unpaired) electrons. The number of carbonyl (C=O) groups is 2. The van der Waals surface area contributed by atoms with Crippen molar-refractivity contribution < 1.29 is 18.0 Å². The van der Waals surface area contributed by atoms with Crippen molar-refractivity contribution in [1.82, 2.24) is 14.7 Å². The number of carbonyl (C=O) groups excluding carboxylic acids is 2. The summed E-state index contributed by atoms with van der Waals surface area (Å²) in [4.78, 5) is 32.1. The number of piperazine rings is 1. The average molecular weight is 462 g/mol. The van der Waals surface area contributed by atoms with Crippen LogP contribution < -0.4 is 10.9 Å². The van der Waals surface area contributed by atoms with E-state index in [-0.39, 0.29) is 40.9 Å². The molecule has 3 aliphatic heterocycles. The summed E-state index contributed by atoms with van der Waals surface area (Å²) in [6.07, 6.45) is 4.29. The van der Waals surface area contributed by atoms with Crippen molar-refractivity contribution in [3.05, 3.63) is 29.3 Å². The van der Waals surface area contributed by atoms with E-state index in [0.717, 1.165) is 49.8 Å². The van der Waals surface area contributed by atoms with Gasteiger partial charge in [-0.3, -0.25) is 14.5 Å². The number of hydrogen-bond donors (Lipinski definition) is 2. The van der Waals surface area contributed by atoms with E-state index in [9.17, 15) is 18.0 Å². The maximum absolute atomic E-state index is 13.3. The van der Waals surface area contributed by atoms with Crippen LogP contribution in [0.15, 0.2) is 23.1 Å². The smallest absolute Gasteiger partial charge is 0.241 e. The Hall–Kier alpha value is -2.01. The lowest BCUT2D eigenvalue weighted by Gasteiger charge is -2.38. The summed E-state index contributed by atoms with van der Waals surface area (Å²) in [5.74, 6) is 0.0706. The molecule has 3 saturated heterocycles. The van der Waals surface area contributed by atoms with Crippen LogP contribution in [0, 0.1) is 0 Å². The van der Waals surface area contributed by atoms with Gasteiger partial charge in [0.1, 0.15) is 0 Å². The molecule has 2 bridgehead atoms. The zero-order valence-corrected chi connectivity index (χ0v) is 19.1. The van der Waals surface area contributed by atoms with E-state index < -0.39 is 16.1 Å². The van der Waals surface area contributed by atoms with Crippen molar-refractivity contribution in [3.8, 4) is 0 Å². The number of benzene rings is 1. The number of rotatable bonds is 5. The largest absolute Gasteiger partial charge is 0.339 e. The summed E-state index contributed by atoms with van der Waals surface area (Å²) < 4.78 is 23.3. The highest BCUT2D eigenvalue weighted by Crippen LogP contribution is 2.44. The Morgan fingerprint density at radius 2 is 2.03 bits per heavy atom. The maximum Gasteiger partial charge on any atom is 0.241 e.